The molecular formula is C12H20BrN3O2. The minimum absolute atomic E-state index is 0.219. The molecule has 1 aromatic rings. The Hall–Kier alpha value is -0.880. The van der Waals surface area contributed by atoms with Crippen LogP contribution in [0.4, 0.5) is 0 Å². The molecule has 6 heteroatoms. The average Bonchev–Trinajstić information content (AvgIpc) is 2.66. The van der Waals surface area contributed by atoms with Crippen LogP contribution in [0.5, 0.6) is 0 Å². The molecule has 0 amide bonds. The lowest BCUT2D eigenvalue weighted by atomic mass is 10.3. The Labute approximate surface area is 116 Å². The first kappa shape index (κ1) is 15.2. The Balaban J connectivity index is 2.61. The van der Waals surface area contributed by atoms with Crippen LogP contribution in [-0.4, -0.2) is 28.9 Å². The number of esters is 1. The van der Waals surface area contributed by atoms with Crippen LogP contribution in [0.25, 0.3) is 0 Å². The van der Waals surface area contributed by atoms with E-state index in [1.807, 2.05) is 11.6 Å². The molecule has 0 fully saturated rings. The lowest BCUT2D eigenvalue weighted by Gasteiger charge is -2.07. The first-order valence-corrected chi connectivity index (χ1v) is 7.03. The maximum atomic E-state index is 11.2. The summed E-state index contributed by atoms with van der Waals surface area (Å²) in [5.74, 6) is -0.230. The van der Waals surface area contributed by atoms with Gasteiger partial charge in [-0.25, -0.2) is 0 Å². The van der Waals surface area contributed by atoms with Crippen molar-refractivity contribution in [3.8, 4) is 0 Å². The van der Waals surface area contributed by atoms with Crippen LogP contribution in [0.1, 0.15) is 32.2 Å². The zero-order chi connectivity index (χ0) is 13.5. The average molecular weight is 318 g/mol. The summed E-state index contributed by atoms with van der Waals surface area (Å²) in [6.45, 7) is 7.97. The van der Waals surface area contributed by atoms with E-state index in [9.17, 15) is 4.79 Å². The highest BCUT2D eigenvalue weighted by atomic mass is 79.9. The van der Waals surface area contributed by atoms with Crippen LogP contribution >= 0.6 is 15.9 Å². The van der Waals surface area contributed by atoms with Gasteiger partial charge in [0, 0.05) is 13.1 Å². The number of nitrogens with zero attached hydrogens (tertiary/aromatic N) is 2. The molecule has 5 nitrogen and oxygen atoms in total. The highest BCUT2D eigenvalue weighted by Crippen LogP contribution is 2.22. The summed E-state index contributed by atoms with van der Waals surface area (Å²) >= 11 is 3.56. The van der Waals surface area contributed by atoms with Gasteiger partial charge in [0.2, 0.25) is 0 Å². The summed E-state index contributed by atoms with van der Waals surface area (Å²) in [6, 6.07) is 0. The van der Waals surface area contributed by atoms with Crippen molar-refractivity contribution in [2.24, 2.45) is 0 Å². The van der Waals surface area contributed by atoms with E-state index in [-0.39, 0.29) is 12.5 Å². The summed E-state index contributed by atoms with van der Waals surface area (Å²) in [4.78, 5) is 11.2. The molecule has 0 atom stereocenters. The van der Waals surface area contributed by atoms with E-state index in [1.165, 1.54) is 0 Å². The van der Waals surface area contributed by atoms with Gasteiger partial charge in [-0.3, -0.25) is 9.48 Å². The zero-order valence-electron chi connectivity index (χ0n) is 11.1. The number of nitrogens with one attached hydrogen (secondary N) is 1. The molecule has 0 aliphatic rings. The Morgan fingerprint density at radius 3 is 2.72 bits per heavy atom. The number of aromatic nitrogens is 2. The first-order chi connectivity index (χ1) is 8.63. The number of hydrogen-bond acceptors (Lipinski definition) is 4. The quantitative estimate of drug-likeness (QED) is 0.780. The van der Waals surface area contributed by atoms with Crippen molar-refractivity contribution in [3.05, 3.63) is 15.9 Å². The van der Waals surface area contributed by atoms with Crippen molar-refractivity contribution in [1.82, 2.24) is 15.1 Å². The second-order valence-corrected chi connectivity index (χ2v) is 4.58. The van der Waals surface area contributed by atoms with Gasteiger partial charge in [-0.2, -0.15) is 5.10 Å². The third-order valence-corrected chi connectivity index (χ3v) is 3.48. The SMILES string of the molecule is CCOC(=O)CNCc1c(Br)c(CC)nn1CC. The highest BCUT2D eigenvalue weighted by Gasteiger charge is 2.13. The van der Waals surface area contributed by atoms with Crippen LogP contribution in [0.3, 0.4) is 0 Å². The molecular weight excluding hydrogens is 298 g/mol. The van der Waals surface area contributed by atoms with Gasteiger partial charge in [-0.05, 0) is 36.2 Å². The third-order valence-electron chi connectivity index (χ3n) is 2.56. The van der Waals surface area contributed by atoms with E-state index in [4.69, 9.17) is 4.74 Å². The van der Waals surface area contributed by atoms with Gasteiger partial charge in [0.25, 0.3) is 0 Å². The lowest BCUT2D eigenvalue weighted by Crippen LogP contribution is -2.25. The molecule has 18 heavy (non-hydrogen) atoms. The van der Waals surface area contributed by atoms with Crippen molar-refractivity contribution < 1.29 is 9.53 Å². The Bertz CT molecular complexity index is 404. The number of carbonyl (C=O) groups excluding carboxylic acids is 1. The van der Waals surface area contributed by atoms with Crippen molar-refractivity contribution in [2.45, 2.75) is 40.3 Å². The maximum Gasteiger partial charge on any atom is 0.319 e. The Kier molecular flexibility index (Phi) is 6.35. The molecule has 0 spiro atoms. The molecule has 1 N–H and O–H groups in total. The molecule has 1 rings (SSSR count). The van der Waals surface area contributed by atoms with E-state index < -0.39 is 0 Å². The van der Waals surface area contributed by atoms with E-state index >= 15 is 0 Å². The van der Waals surface area contributed by atoms with Crippen molar-refractivity contribution in [3.63, 3.8) is 0 Å². The zero-order valence-corrected chi connectivity index (χ0v) is 12.7. The summed E-state index contributed by atoms with van der Waals surface area (Å²) in [5.41, 5.74) is 2.11. The van der Waals surface area contributed by atoms with Gasteiger partial charge < -0.3 is 10.1 Å². The Morgan fingerprint density at radius 1 is 1.44 bits per heavy atom. The summed E-state index contributed by atoms with van der Waals surface area (Å²) in [6.07, 6.45) is 0.887. The largest absolute Gasteiger partial charge is 0.465 e. The van der Waals surface area contributed by atoms with Crippen LogP contribution in [0.15, 0.2) is 4.47 Å². The maximum absolute atomic E-state index is 11.2. The fourth-order valence-corrected chi connectivity index (χ4v) is 2.39. The van der Waals surface area contributed by atoms with Crippen molar-refractivity contribution >= 4 is 21.9 Å². The van der Waals surface area contributed by atoms with E-state index in [2.05, 4.69) is 33.3 Å². The van der Waals surface area contributed by atoms with Gasteiger partial charge in [0.1, 0.15) is 0 Å². The molecule has 0 saturated carbocycles. The number of halogens is 1. The fourth-order valence-electron chi connectivity index (χ4n) is 1.68. The number of hydrogen-bond donors (Lipinski definition) is 1. The van der Waals surface area contributed by atoms with Crippen molar-refractivity contribution in [1.29, 1.82) is 0 Å². The molecule has 102 valence electrons. The topological polar surface area (TPSA) is 56.1 Å². The minimum atomic E-state index is -0.230. The van der Waals surface area contributed by atoms with Crippen LogP contribution in [-0.2, 0) is 29.0 Å². The van der Waals surface area contributed by atoms with Gasteiger partial charge in [0.15, 0.2) is 0 Å². The normalized spacial score (nSPS) is 10.7. The van der Waals surface area contributed by atoms with E-state index in [0.29, 0.717) is 13.2 Å². The molecule has 1 aromatic heterocycles. The monoisotopic (exact) mass is 317 g/mol. The predicted octanol–water partition coefficient (Wildman–Crippen LogP) is 1.88. The minimum Gasteiger partial charge on any atom is -0.465 e. The van der Waals surface area contributed by atoms with Gasteiger partial charge in [-0.15, -0.1) is 0 Å². The van der Waals surface area contributed by atoms with Gasteiger partial charge >= 0.3 is 5.97 Å². The molecule has 0 unspecified atom stereocenters. The molecule has 0 radical (unpaired) electrons. The molecule has 0 aromatic carbocycles. The number of rotatable bonds is 7. The van der Waals surface area contributed by atoms with Gasteiger partial charge in [-0.1, -0.05) is 6.92 Å². The Morgan fingerprint density at radius 2 is 2.17 bits per heavy atom. The summed E-state index contributed by atoms with van der Waals surface area (Å²) < 4.78 is 7.83. The van der Waals surface area contributed by atoms with Crippen LogP contribution in [0.2, 0.25) is 0 Å². The van der Waals surface area contributed by atoms with Crippen LogP contribution < -0.4 is 5.32 Å². The van der Waals surface area contributed by atoms with Crippen molar-refractivity contribution in [2.75, 3.05) is 13.2 Å². The summed E-state index contributed by atoms with van der Waals surface area (Å²) in [7, 11) is 0. The highest BCUT2D eigenvalue weighted by molar-refractivity contribution is 9.10. The molecule has 0 bridgehead atoms. The second kappa shape index (κ2) is 7.53. The van der Waals surface area contributed by atoms with Gasteiger partial charge in [0.05, 0.1) is 29.0 Å². The fraction of sp³-hybridized carbons (Fsp3) is 0.667. The second-order valence-electron chi connectivity index (χ2n) is 3.79. The molecule has 1 heterocycles. The molecule has 0 saturated heterocycles. The first-order valence-electron chi connectivity index (χ1n) is 6.24. The van der Waals surface area contributed by atoms with E-state index in [1.54, 1.807) is 6.92 Å². The van der Waals surface area contributed by atoms with Crippen LogP contribution in [0, 0.1) is 0 Å². The number of carbonyl (C=O) groups is 1. The third kappa shape index (κ3) is 3.81. The molecule has 0 aliphatic heterocycles. The lowest BCUT2D eigenvalue weighted by molar-refractivity contribution is -0.142. The molecule has 0 aliphatic carbocycles. The van der Waals surface area contributed by atoms with E-state index in [0.717, 1.165) is 28.8 Å². The standard InChI is InChI=1S/C12H20BrN3O2/c1-4-9-12(13)10(16(5-2)15-9)7-14-8-11(17)18-6-3/h14H,4-8H2,1-3H3. The number of ether oxygens (including phenoxy) is 1. The number of aryl methyl sites for hydroxylation is 2. The predicted molar refractivity (Wildman–Crippen MR) is 73.3 cm³/mol. The summed E-state index contributed by atoms with van der Waals surface area (Å²) in [5, 5.41) is 7.57. The smallest absolute Gasteiger partial charge is 0.319 e.